The SMILES string of the molecule is Cc1ccc2[nH]c(=O)c(CN(Cc3ccco3)C(=S)N[C@H](C)c3ccccc3)cc2c1. The molecule has 4 aromatic rings. The second-order valence-electron chi connectivity index (χ2n) is 7.73. The third-order valence-corrected chi connectivity index (χ3v) is 5.67. The highest BCUT2D eigenvalue weighted by Gasteiger charge is 2.17. The summed E-state index contributed by atoms with van der Waals surface area (Å²) in [5.41, 5.74) is 3.66. The Hall–Kier alpha value is -3.38. The van der Waals surface area contributed by atoms with Crippen molar-refractivity contribution < 1.29 is 4.42 Å². The van der Waals surface area contributed by atoms with Crippen LogP contribution in [0.1, 0.15) is 35.4 Å². The fourth-order valence-corrected chi connectivity index (χ4v) is 3.89. The van der Waals surface area contributed by atoms with Crippen LogP contribution in [0.2, 0.25) is 0 Å². The number of rotatable bonds is 6. The molecule has 0 saturated heterocycles. The number of aromatic nitrogens is 1. The van der Waals surface area contributed by atoms with Gasteiger partial charge in [-0.25, -0.2) is 0 Å². The molecule has 0 aliphatic heterocycles. The van der Waals surface area contributed by atoms with Crippen LogP contribution in [0.4, 0.5) is 0 Å². The highest BCUT2D eigenvalue weighted by molar-refractivity contribution is 7.80. The van der Waals surface area contributed by atoms with E-state index < -0.39 is 0 Å². The molecule has 0 saturated carbocycles. The Labute approximate surface area is 186 Å². The van der Waals surface area contributed by atoms with Gasteiger partial charge in [-0.2, -0.15) is 0 Å². The zero-order chi connectivity index (χ0) is 21.8. The molecule has 1 atom stereocenters. The molecule has 0 aliphatic carbocycles. The maximum Gasteiger partial charge on any atom is 0.253 e. The van der Waals surface area contributed by atoms with Gasteiger partial charge < -0.3 is 19.6 Å². The first-order chi connectivity index (χ1) is 15.0. The van der Waals surface area contributed by atoms with Crippen LogP contribution in [0.5, 0.6) is 0 Å². The Morgan fingerprint density at radius 3 is 2.65 bits per heavy atom. The van der Waals surface area contributed by atoms with E-state index in [0.29, 0.717) is 23.8 Å². The van der Waals surface area contributed by atoms with Crippen molar-refractivity contribution >= 4 is 28.2 Å². The smallest absolute Gasteiger partial charge is 0.253 e. The van der Waals surface area contributed by atoms with Crippen LogP contribution < -0.4 is 10.9 Å². The van der Waals surface area contributed by atoms with Crippen molar-refractivity contribution in [1.82, 2.24) is 15.2 Å². The van der Waals surface area contributed by atoms with Crippen LogP contribution in [-0.4, -0.2) is 15.0 Å². The standard InChI is InChI=1S/C25H25N3O2S/c1-17-10-11-23-20(13-17)14-21(24(29)27-23)15-28(16-22-9-6-12-30-22)25(31)26-18(2)19-7-4-3-5-8-19/h3-14,18H,15-16H2,1-2H3,(H,26,31)(H,27,29)/t18-/m1/s1. The summed E-state index contributed by atoms with van der Waals surface area (Å²) in [7, 11) is 0. The number of aromatic amines is 1. The number of benzene rings is 2. The Morgan fingerprint density at radius 2 is 1.90 bits per heavy atom. The van der Waals surface area contributed by atoms with Gasteiger partial charge in [0.25, 0.3) is 5.56 Å². The lowest BCUT2D eigenvalue weighted by Crippen LogP contribution is -2.41. The molecule has 31 heavy (non-hydrogen) atoms. The van der Waals surface area contributed by atoms with Crippen molar-refractivity contribution in [2.45, 2.75) is 33.0 Å². The Bertz CT molecular complexity index is 1230. The molecule has 0 radical (unpaired) electrons. The van der Waals surface area contributed by atoms with Gasteiger partial charge in [0, 0.05) is 11.1 Å². The average Bonchev–Trinajstić information content (AvgIpc) is 3.27. The maximum atomic E-state index is 12.8. The van der Waals surface area contributed by atoms with E-state index in [2.05, 4.69) is 35.4 Å². The van der Waals surface area contributed by atoms with E-state index in [-0.39, 0.29) is 11.6 Å². The van der Waals surface area contributed by atoms with Crippen molar-refractivity contribution in [3.63, 3.8) is 0 Å². The molecule has 0 amide bonds. The first kappa shape index (κ1) is 20.9. The molecule has 0 aliphatic rings. The number of thiocarbonyl (C=S) groups is 1. The molecule has 158 valence electrons. The highest BCUT2D eigenvalue weighted by Crippen LogP contribution is 2.17. The van der Waals surface area contributed by atoms with E-state index in [9.17, 15) is 4.79 Å². The quantitative estimate of drug-likeness (QED) is 0.418. The van der Waals surface area contributed by atoms with E-state index in [1.54, 1.807) is 6.26 Å². The highest BCUT2D eigenvalue weighted by atomic mass is 32.1. The topological polar surface area (TPSA) is 61.3 Å². The number of pyridine rings is 1. The molecule has 2 aromatic carbocycles. The molecule has 5 nitrogen and oxygen atoms in total. The third kappa shape index (κ3) is 5.03. The number of H-pyrrole nitrogens is 1. The number of fused-ring (bicyclic) bond motifs is 1. The summed E-state index contributed by atoms with van der Waals surface area (Å²) < 4.78 is 5.54. The number of nitrogens with one attached hydrogen (secondary N) is 2. The lowest BCUT2D eigenvalue weighted by Gasteiger charge is -2.27. The number of aryl methyl sites for hydroxylation is 1. The molecule has 0 unspecified atom stereocenters. The molecule has 0 spiro atoms. The maximum absolute atomic E-state index is 12.8. The van der Waals surface area contributed by atoms with Gasteiger partial charge in [-0.15, -0.1) is 0 Å². The van der Waals surface area contributed by atoms with Crippen LogP contribution in [0.25, 0.3) is 10.9 Å². The van der Waals surface area contributed by atoms with Crippen molar-refractivity contribution in [3.8, 4) is 0 Å². The Balaban J connectivity index is 1.60. The lowest BCUT2D eigenvalue weighted by atomic mass is 10.1. The number of hydrogen-bond acceptors (Lipinski definition) is 3. The van der Waals surface area contributed by atoms with Crippen LogP contribution in [-0.2, 0) is 13.1 Å². The molecular weight excluding hydrogens is 406 g/mol. The third-order valence-electron chi connectivity index (χ3n) is 5.29. The predicted molar refractivity (Wildman–Crippen MR) is 128 cm³/mol. The summed E-state index contributed by atoms with van der Waals surface area (Å²) in [6.45, 7) is 4.94. The van der Waals surface area contributed by atoms with Crippen LogP contribution in [0.15, 0.2) is 82.2 Å². The van der Waals surface area contributed by atoms with Crippen molar-refractivity contribution in [2.24, 2.45) is 0 Å². The van der Waals surface area contributed by atoms with Gasteiger partial charge >= 0.3 is 0 Å². The summed E-state index contributed by atoms with van der Waals surface area (Å²) in [6, 6.07) is 21.9. The first-order valence-electron chi connectivity index (χ1n) is 10.2. The Kier molecular flexibility index (Phi) is 6.18. The van der Waals surface area contributed by atoms with Crippen LogP contribution in [0.3, 0.4) is 0 Å². The molecule has 2 aromatic heterocycles. The summed E-state index contributed by atoms with van der Waals surface area (Å²) in [6.07, 6.45) is 1.64. The van der Waals surface area contributed by atoms with E-state index in [4.69, 9.17) is 16.6 Å². The van der Waals surface area contributed by atoms with Gasteiger partial charge in [-0.3, -0.25) is 4.79 Å². The van der Waals surface area contributed by atoms with Gasteiger partial charge in [-0.1, -0.05) is 42.0 Å². The molecule has 0 fully saturated rings. The second-order valence-corrected chi connectivity index (χ2v) is 8.12. The van der Waals surface area contributed by atoms with Gasteiger partial charge in [-0.05, 0) is 67.3 Å². The molecule has 0 bridgehead atoms. The number of hydrogen-bond donors (Lipinski definition) is 2. The molecular formula is C25H25N3O2S. The van der Waals surface area contributed by atoms with E-state index >= 15 is 0 Å². The largest absolute Gasteiger partial charge is 0.467 e. The minimum Gasteiger partial charge on any atom is -0.467 e. The first-order valence-corrected chi connectivity index (χ1v) is 10.7. The van der Waals surface area contributed by atoms with Crippen molar-refractivity contribution in [3.05, 3.63) is 106 Å². The molecule has 4 rings (SSSR count). The Morgan fingerprint density at radius 1 is 1.10 bits per heavy atom. The van der Waals surface area contributed by atoms with Gasteiger partial charge in [0.05, 0.1) is 25.4 Å². The van der Waals surface area contributed by atoms with Gasteiger partial charge in [0.2, 0.25) is 0 Å². The van der Waals surface area contributed by atoms with E-state index in [1.165, 1.54) is 0 Å². The predicted octanol–water partition coefficient (Wildman–Crippen LogP) is 5.07. The lowest BCUT2D eigenvalue weighted by molar-refractivity contribution is 0.347. The van der Waals surface area contributed by atoms with E-state index in [1.807, 2.05) is 60.4 Å². The number of furan rings is 1. The van der Waals surface area contributed by atoms with Crippen molar-refractivity contribution in [2.75, 3.05) is 0 Å². The summed E-state index contributed by atoms with van der Waals surface area (Å²) in [4.78, 5) is 17.7. The van der Waals surface area contributed by atoms with Gasteiger partial charge in [0.1, 0.15) is 5.76 Å². The fourth-order valence-electron chi connectivity index (χ4n) is 3.59. The molecule has 2 heterocycles. The summed E-state index contributed by atoms with van der Waals surface area (Å²) in [5, 5.41) is 4.97. The second kappa shape index (κ2) is 9.18. The zero-order valence-electron chi connectivity index (χ0n) is 17.6. The van der Waals surface area contributed by atoms with Gasteiger partial charge in [0.15, 0.2) is 5.11 Å². The zero-order valence-corrected chi connectivity index (χ0v) is 18.4. The molecule has 6 heteroatoms. The summed E-state index contributed by atoms with van der Waals surface area (Å²) >= 11 is 5.74. The minimum atomic E-state index is -0.111. The monoisotopic (exact) mass is 431 g/mol. The van der Waals surface area contributed by atoms with E-state index in [0.717, 1.165) is 27.8 Å². The minimum absolute atomic E-state index is 0.0327. The number of nitrogens with zero attached hydrogens (tertiary/aromatic N) is 1. The average molecular weight is 432 g/mol. The van der Waals surface area contributed by atoms with Crippen LogP contribution in [0, 0.1) is 6.92 Å². The summed E-state index contributed by atoms with van der Waals surface area (Å²) in [5.74, 6) is 0.782. The molecule has 2 N–H and O–H groups in total. The van der Waals surface area contributed by atoms with Crippen LogP contribution >= 0.6 is 12.2 Å². The fraction of sp³-hybridized carbons (Fsp3) is 0.200. The normalized spacial score (nSPS) is 11.9. The van der Waals surface area contributed by atoms with Crippen molar-refractivity contribution in [1.29, 1.82) is 0 Å².